The Labute approximate surface area is 89.7 Å². The van der Waals surface area contributed by atoms with Gasteiger partial charge in [0.2, 0.25) is 0 Å². The molecule has 0 spiro atoms. The van der Waals surface area contributed by atoms with E-state index in [4.69, 9.17) is 0 Å². The van der Waals surface area contributed by atoms with Gasteiger partial charge in [-0.1, -0.05) is 0 Å². The summed E-state index contributed by atoms with van der Waals surface area (Å²) in [4.78, 5) is 15.5. The normalized spacial score (nSPS) is 10.1. The Bertz CT molecular complexity index is 410. The van der Waals surface area contributed by atoms with Crippen LogP contribution in [-0.2, 0) is 6.42 Å². The number of nitrogens with zero attached hydrogens (tertiary/aromatic N) is 3. The lowest BCUT2D eigenvalue weighted by atomic mass is 10.3. The van der Waals surface area contributed by atoms with Crippen LogP contribution in [0.1, 0.15) is 16.2 Å². The van der Waals surface area contributed by atoms with E-state index in [0.717, 1.165) is 12.1 Å². The van der Waals surface area contributed by atoms with Crippen molar-refractivity contribution < 1.29 is 4.79 Å². The molecule has 0 aliphatic heterocycles. The van der Waals surface area contributed by atoms with Gasteiger partial charge < -0.3 is 5.32 Å². The molecule has 2 N–H and O–H groups in total. The molecule has 0 atom stereocenters. The fourth-order valence-corrected chi connectivity index (χ4v) is 1.66. The Morgan fingerprint density at radius 1 is 1.60 bits per heavy atom. The Kier molecular flexibility index (Phi) is 3.03. The topological polar surface area (TPSA) is 83.6 Å². The SMILES string of the molecule is O=C(NCCc1cscn1)c1cn[nH]n1. The smallest absolute Gasteiger partial charge is 0.273 e. The number of H-pyrrole nitrogens is 1. The van der Waals surface area contributed by atoms with Crippen molar-refractivity contribution in [2.45, 2.75) is 6.42 Å². The molecular formula is C8H9N5OS. The van der Waals surface area contributed by atoms with Gasteiger partial charge >= 0.3 is 0 Å². The van der Waals surface area contributed by atoms with E-state index >= 15 is 0 Å². The lowest BCUT2D eigenvalue weighted by Crippen LogP contribution is -2.26. The van der Waals surface area contributed by atoms with Gasteiger partial charge in [-0.15, -0.1) is 11.3 Å². The van der Waals surface area contributed by atoms with Crippen LogP contribution in [0.2, 0.25) is 0 Å². The number of aromatic amines is 1. The standard InChI is InChI=1S/C8H9N5OS/c14-8(7-3-11-13-12-7)9-2-1-6-4-15-5-10-6/h3-5H,1-2H2,(H,9,14)(H,11,12,13). The second-order valence-electron chi connectivity index (χ2n) is 2.84. The third kappa shape index (κ3) is 2.59. The number of thiazole rings is 1. The van der Waals surface area contributed by atoms with Crippen molar-refractivity contribution in [1.29, 1.82) is 0 Å². The minimum atomic E-state index is -0.223. The molecular weight excluding hydrogens is 214 g/mol. The van der Waals surface area contributed by atoms with Crippen molar-refractivity contribution in [1.82, 2.24) is 25.7 Å². The van der Waals surface area contributed by atoms with Gasteiger partial charge in [-0.3, -0.25) is 4.79 Å². The van der Waals surface area contributed by atoms with Gasteiger partial charge in [-0.25, -0.2) is 4.98 Å². The number of nitrogens with one attached hydrogen (secondary N) is 2. The lowest BCUT2D eigenvalue weighted by molar-refractivity contribution is 0.0949. The van der Waals surface area contributed by atoms with Crippen LogP contribution >= 0.6 is 11.3 Å². The van der Waals surface area contributed by atoms with Crippen LogP contribution in [0.25, 0.3) is 0 Å². The van der Waals surface area contributed by atoms with E-state index < -0.39 is 0 Å². The third-order valence-corrected chi connectivity index (χ3v) is 2.43. The van der Waals surface area contributed by atoms with Gasteiger partial charge in [0.15, 0.2) is 5.69 Å². The Hall–Kier alpha value is -1.76. The van der Waals surface area contributed by atoms with Crippen LogP contribution in [-0.4, -0.2) is 32.8 Å². The van der Waals surface area contributed by atoms with Crippen LogP contribution in [0.5, 0.6) is 0 Å². The Balaban J connectivity index is 1.77. The molecule has 6 nitrogen and oxygen atoms in total. The average Bonchev–Trinajstić information content (AvgIpc) is 2.90. The number of carbonyl (C=O) groups excluding carboxylic acids is 1. The number of amides is 1. The fourth-order valence-electron chi connectivity index (χ4n) is 1.07. The maximum atomic E-state index is 11.4. The summed E-state index contributed by atoms with van der Waals surface area (Å²) in [5, 5.41) is 14.3. The molecule has 0 radical (unpaired) electrons. The molecule has 2 aromatic rings. The highest BCUT2D eigenvalue weighted by Gasteiger charge is 2.07. The van der Waals surface area contributed by atoms with E-state index in [-0.39, 0.29) is 5.91 Å². The zero-order chi connectivity index (χ0) is 10.5. The van der Waals surface area contributed by atoms with Crippen molar-refractivity contribution in [2.75, 3.05) is 6.54 Å². The summed E-state index contributed by atoms with van der Waals surface area (Å²) < 4.78 is 0. The molecule has 0 saturated carbocycles. The molecule has 0 fully saturated rings. The number of aromatic nitrogens is 4. The highest BCUT2D eigenvalue weighted by Crippen LogP contribution is 2.00. The van der Waals surface area contributed by atoms with Crippen molar-refractivity contribution in [3.05, 3.63) is 28.5 Å². The largest absolute Gasteiger partial charge is 0.350 e. The van der Waals surface area contributed by atoms with Crippen LogP contribution in [0.15, 0.2) is 17.1 Å². The minimum absolute atomic E-state index is 0.223. The second kappa shape index (κ2) is 4.65. The zero-order valence-corrected chi connectivity index (χ0v) is 8.62. The van der Waals surface area contributed by atoms with Crippen molar-refractivity contribution in [3.8, 4) is 0 Å². The molecule has 0 unspecified atom stereocenters. The molecule has 0 aliphatic rings. The first-order valence-corrected chi connectivity index (χ1v) is 5.31. The summed E-state index contributed by atoms with van der Waals surface area (Å²) in [6.07, 6.45) is 2.12. The molecule has 2 rings (SSSR count). The van der Waals surface area contributed by atoms with Crippen LogP contribution in [0, 0.1) is 0 Å². The fraction of sp³-hybridized carbons (Fsp3) is 0.250. The van der Waals surface area contributed by atoms with E-state index in [0.29, 0.717) is 12.2 Å². The molecule has 2 aromatic heterocycles. The summed E-state index contributed by atoms with van der Waals surface area (Å²) in [5.41, 5.74) is 3.06. The number of carbonyl (C=O) groups is 1. The zero-order valence-electron chi connectivity index (χ0n) is 7.80. The number of hydrogen-bond donors (Lipinski definition) is 2. The monoisotopic (exact) mass is 223 g/mol. The predicted octanol–water partition coefficient (Wildman–Crippen LogP) is 0.234. The summed E-state index contributed by atoms with van der Waals surface area (Å²) in [6, 6.07) is 0. The van der Waals surface area contributed by atoms with Gasteiger partial charge in [0.05, 0.1) is 17.4 Å². The summed E-state index contributed by atoms with van der Waals surface area (Å²) in [7, 11) is 0. The van der Waals surface area contributed by atoms with E-state index in [2.05, 4.69) is 25.7 Å². The first-order chi connectivity index (χ1) is 7.36. The molecule has 0 aromatic carbocycles. The van der Waals surface area contributed by atoms with Crippen molar-refractivity contribution >= 4 is 17.2 Å². The number of rotatable bonds is 4. The molecule has 0 saturated heterocycles. The molecule has 7 heteroatoms. The van der Waals surface area contributed by atoms with Gasteiger partial charge in [-0.2, -0.15) is 15.4 Å². The number of hydrogen-bond acceptors (Lipinski definition) is 5. The first-order valence-electron chi connectivity index (χ1n) is 4.37. The van der Waals surface area contributed by atoms with Crippen LogP contribution in [0.4, 0.5) is 0 Å². The Morgan fingerprint density at radius 3 is 3.20 bits per heavy atom. The summed E-state index contributed by atoms with van der Waals surface area (Å²) in [6.45, 7) is 0.551. The van der Waals surface area contributed by atoms with Gasteiger partial charge in [-0.05, 0) is 0 Å². The van der Waals surface area contributed by atoms with Crippen LogP contribution in [0.3, 0.4) is 0 Å². The third-order valence-electron chi connectivity index (χ3n) is 1.80. The van der Waals surface area contributed by atoms with Gasteiger partial charge in [0.25, 0.3) is 5.91 Å². The molecule has 78 valence electrons. The average molecular weight is 223 g/mol. The lowest BCUT2D eigenvalue weighted by Gasteiger charge is -1.99. The predicted molar refractivity (Wildman–Crippen MR) is 54.5 cm³/mol. The maximum absolute atomic E-state index is 11.4. The quantitative estimate of drug-likeness (QED) is 0.777. The highest BCUT2D eigenvalue weighted by molar-refractivity contribution is 7.07. The molecule has 0 bridgehead atoms. The highest BCUT2D eigenvalue weighted by atomic mass is 32.1. The molecule has 2 heterocycles. The molecule has 15 heavy (non-hydrogen) atoms. The minimum Gasteiger partial charge on any atom is -0.350 e. The van der Waals surface area contributed by atoms with E-state index in [1.807, 2.05) is 5.38 Å². The van der Waals surface area contributed by atoms with E-state index in [1.165, 1.54) is 6.20 Å². The Morgan fingerprint density at radius 2 is 2.53 bits per heavy atom. The van der Waals surface area contributed by atoms with E-state index in [9.17, 15) is 4.79 Å². The van der Waals surface area contributed by atoms with Crippen LogP contribution < -0.4 is 5.32 Å². The van der Waals surface area contributed by atoms with Crippen molar-refractivity contribution in [2.24, 2.45) is 0 Å². The summed E-state index contributed by atoms with van der Waals surface area (Å²) in [5.74, 6) is -0.223. The maximum Gasteiger partial charge on any atom is 0.273 e. The van der Waals surface area contributed by atoms with Gasteiger partial charge in [0, 0.05) is 18.3 Å². The first kappa shape index (κ1) is 9.78. The molecule has 0 aliphatic carbocycles. The van der Waals surface area contributed by atoms with Crippen molar-refractivity contribution in [3.63, 3.8) is 0 Å². The molecule has 1 amide bonds. The second-order valence-corrected chi connectivity index (χ2v) is 3.56. The van der Waals surface area contributed by atoms with E-state index in [1.54, 1.807) is 16.8 Å². The summed E-state index contributed by atoms with van der Waals surface area (Å²) >= 11 is 1.55. The van der Waals surface area contributed by atoms with Gasteiger partial charge in [0.1, 0.15) is 0 Å².